The fourth-order valence-corrected chi connectivity index (χ4v) is 1.12. The van der Waals surface area contributed by atoms with Crippen molar-refractivity contribution in [2.45, 2.75) is 19.8 Å². The molecule has 2 amide bonds. The highest BCUT2D eigenvalue weighted by Crippen LogP contribution is 2.04. The van der Waals surface area contributed by atoms with Crippen LogP contribution < -0.4 is 11.1 Å². The summed E-state index contributed by atoms with van der Waals surface area (Å²) >= 11 is 0. The van der Waals surface area contributed by atoms with Crippen molar-refractivity contribution in [1.29, 1.82) is 0 Å². The highest BCUT2D eigenvalue weighted by molar-refractivity contribution is 5.71. The summed E-state index contributed by atoms with van der Waals surface area (Å²) in [5, 5.41) is 9.29. The standard InChI is InChI=1S/C8H14N4O/c1-6-7(5-11-12-6)3-2-4-10-8(9)13/h5H,2-4H2,1H3,(H,11,12)(H3,9,10,13). The number of carbonyl (C=O) groups is 1. The first-order valence-electron chi connectivity index (χ1n) is 4.22. The molecule has 4 N–H and O–H groups in total. The van der Waals surface area contributed by atoms with Gasteiger partial charge >= 0.3 is 6.03 Å². The molecule has 0 aliphatic carbocycles. The monoisotopic (exact) mass is 182 g/mol. The number of carbonyl (C=O) groups excluding carboxylic acids is 1. The minimum Gasteiger partial charge on any atom is -0.352 e. The summed E-state index contributed by atoms with van der Waals surface area (Å²) in [6.07, 6.45) is 3.59. The zero-order valence-electron chi connectivity index (χ0n) is 7.63. The molecule has 0 atom stereocenters. The van der Waals surface area contributed by atoms with E-state index in [2.05, 4.69) is 15.5 Å². The van der Waals surface area contributed by atoms with Gasteiger partial charge in [0, 0.05) is 12.2 Å². The van der Waals surface area contributed by atoms with E-state index in [1.807, 2.05) is 6.92 Å². The molecule has 0 radical (unpaired) electrons. The molecule has 0 bridgehead atoms. The second kappa shape index (κ2) is 4.49. The number of aromatic nitrogens is 2. The van der Waals surface area contributed by atoms with Gasteiger partial charge in [0.2, 0.25) is 0 Å². The highest BCUT2D eigenvalue weighted by atomic mass is 16.2. The van der Waals surface area contributed by atoms with Gasteiger partial charge in [0.15, 0.2) is 0 Å². The van der Waals surface area contributed by atoms with Crippen molar-refractivity contribution in [2.75, 3.05) is 6.54 Å². The summed E-state index contributed by atoms with van der Waals surface area (Å²) in [5.41, 5.74) is 7.18. The van der Waals surface area contributed by atoms with Gasteiger partial charge in [-0.25, -0.2) is 4.79 Å². The molecule has 0 fully saturated rings. The van der Waals surface area contributed by atoms with Crippen LogP contribution in [0.5, 0.6) is 0 Å². The lowest BCUT2D eigenvalue weighted by atomic mass is 10.1. The van der Waals surface area contributed by atoms with Gasteiger partial charge in [-0.2, -0.15) is 5.10 Å². The lowest BCUT2D eigenvalue weighted by Crippen LogP contribution is -2.30. The first-order valence-corrected chi connectivity index (χ1v) is 4.22. The van der Waals surface area contributed by atoms with Crippen LogP contribution in [0.1, 0.15) is 17.7 Å². The van der Waals surface area contributed by atoms with E-state index in [0.29, 0.717) is 6.54 Å². The lowest BCUT2D eigenvalue weighted by Gasteiger charge is -2.00. The van der Waals surface area contributed by atoms with E-state index in [1.165, 1.54) is 5.56 Å². The number of urea groups is 1. The van der Waals surface area contributed by atoms with E-state index >= 15 is 0 Å². The smallest absolute Gasteiger partial charge is 0.312 e. The summed E-state index contributed by atoms with van der Waals surface area (Å²) in [7, 11) is 0. The van der Waals surface area contributed by atoms with Crippen LogP contribution in [-0.2, 0) is 6.42 Å². The molecule has 0 aliphatic heterocycles. The molecule has 13 heavy (non-hydrogen) atoms. The molecule has 0 aromatic carbocycles. The Bertz CT molecular complexity index is 281. The van der Waals surface area contributed by atoms with Crippen LogP contribution in [0.4, 0.5) is 4.79 Å². The van der Waals surface area contributed by atoms with Gasteiger partial charge in [-0.15, -0.1) is 0 Å². The zero-order chi connectivity index (χ0) is 9.68. The Morgan fingerprint density at radius 3 is 3.08 bits per heavy atom. The van der Waals surface area contributed by atoms with Crippen LogP contribution in [0.25, 0.3) is 0 Å². The van der Waals surface area contributed by atoms with Crippen LogP contribution in [0, 0.1) is 6.92 Å². The SMILES string of the molecule is Cc1[nH]ncc1CCCNC(N)=O. The van der Waals surface area contributed by atoms with Gasteiger partial charge < -0.3 is 11.1 Å². The average Bonchev–Trinajstić information content (AvgIpc) is 2.45. The van der Waals surface area contributed by atoms with Crippen molar-refractivity contribution in [2.24, 2.45) is 5.73 Å². The molecule has 1 aromatic heterocycles. The number of nitrogens with two attached hydrogens (primary N) is 1. The molecular formula is C8H14N4O. The third-order valence-electron chi connectivity index (χ3n) is 1.86. The molecule has 72 valence electrons. The Balaban J connectivity index is 2.20. The van der Waals surface area contributed by atoms with Gasteiger partial charge in [0.05, 0.1) is 6.20 Å². The van der Waals surface area contributed by atoms with Gasteiger partial charge in [-0.3, -0.25) is 5.10 Å². The topological polar surface area (TPSA) is 83.8 Å². The zero-order valence-corrected chi connectivity index (χ0v) is 7.63. The van der Waals surface area contributed by atoms with Gasteiger partial charge in [-0.05, 0) is 25.3 Å². The quantitative estimate of drug-likeness (QED) is 0.586. The number of H-pyrrole nitrogens is 1. The van der Waals surface area contributed by atoms with E-state index in [1.54, 1.807) is 6.20 Å². The number of hydrogen-bond acceptors (Lipinski definition) is 2. The molecule has 0 aliphatic rings. The van der Waals surface area contributed by atoms with Gasteiger partial charge in [0.1, 0.15) is 0 Å². The van der Waals surface area contributed by atoms with E-state index < -0.39 is 6.03 Å². The van der Waals surface area contributed by atoms with Crippen LogP contribution in [-0.4, -0.2) is 22.8 Å². The highest BCUT2D eigenvalue weighted by Gasteiger charge is 1.99. The molecule has 0 unspecified atom stereocenters. The molecular weight excluding hydrogens is 168 g/mol. The van der Waals surface area contributed by atoms with E-state index in [0.717, 1.165) is 18.5 Å². The third-order valence-corrected chi connectivity index (χ3v) is 1.86. The van der Waals surface area contributed by atoms with E-state index in [-0.39, 0.29) is 0 Å². The van der Waals surface area contributed by atoms with Crippen molar-refractivity contribution >= 4 is 6.03 Å². The van der Waals surface area contributed by atoms with Gasteiger partial charge in [0.25, 0.3) is 0 Å². The molecule has 0 spiro atoms. The molecule has 0 saturated carbocycles. The van der Waals surface area contributed by atoms with Crippen LogP contribution in [0.15, 0.2) is 6.20 Å². The second-order valence-corrected chi connectivity index (χ2v) is 2.91. The maximum absolute atomic E-state index is 10.3. The summed E-state index contributed by atoms with van der Waals surface area (Å²) in [6.45, 7) is 2.59. The summed E-state index contributed by atoms with van der Waals surface area (Å²) < 4.78 is 0. The normalized spacial score (nSPS) is 9.92. The van der Waals surface area contributed by atoms with Crippen LogP contribution in [0.2, 0.25) is 0 Å². The molecule has 1 rings (SSSR count). The van der Waals surface area contributed by atoms with Crippen molar-refractivity contribution in [3.8, 4) is 0 Å². The first kappa shape index (κ1) is 9.57. The third kappa shape index (κ3) is 3.14. The summed E-state index contributed by atoms with van der Waals surface area (Å²) in [6, 6.07) is -0.469. The fraction of sp³-hybridized carbons (Fsp3) is 0.500. The number of nitrogens with zero attached hydrogens (tertiary/aromatic N) is 1. The van der Waals surface area contributed by atoms with E-state index in [4.69, 9.17) is 5.73 Å². The summed E-state index contributed by atoms with van der Waals surface area (Å²) in [4.78, 5) is 10.3. The minimum absolute atomic E-state index is 0.469. The van der Waals surface area contributed by atoms with Crippen molar-refractivity contribution < 1.29 is 4.79 Å². The predicted molar refractivity (Wildman–Crippen MR) is 49.2 cm³/mol. The molecule has 0 saturated heterocycles. The Morgan fingerprint density at radius 1 is 1.77 bits per heavy atom. The Morgan fingerprint density at radius 2 is 2.54 bits per heavy atom. The summed E-state index contributed by atoms with van der Waals surface area (Å²) in [5.74, 6) is 0. The lowest BCUT2D eigenvalue weighted by molar-refractivity contribution is 0.249. The predicted octanol–water partition coefficient (Wildman–Crippen LogP) is 0.319. The number of hydrogen-bond donors (Lipinski definition) is 3. The molecule has 5 nitrogen and oxygen atoms in total. The maximum Gasteiger partial charge on any atom is 0.312 e. The number of rotatable bonds is 4. The number of amides is 2. The van der Waals surface area contributed by atoms with E-state index in [9.17, 15) is 4.79 Å². The van der Waals surface area contributed by atoms with Crippen LogP contribution in [0.3, 0.4) is 0 Å². The van der Waals surface area contributed by atoms with Crippen molar-refractivity contribution in [1.82, 2.24) is 15.5 Å². The molecule has 1 heterocycles. The second-order valence-electron chi connectivity index (χ2n) is 2.91. The Labute approximate surface area is 76.7 Å². The van der Waals surface area contributed by atoms with Gasteiger partial charge in [-0.1, -0.05) is 0 Å². The molecule has 1 aromatic rings. The Hall–Kier alpha value is -1.52. The molecule has 5 heteroatoms. The number of primary amides is 1. The largest absolute Gasteiger partial charge is 0.352 e. The Kier molecular flexibility index (Phi) is 3.31. The maximum atomic E-state index is 10.3. The number of aromatic amines is 1. The van der Waals surface area contributed by atoms with Crippen molar-refractivity contribution in [3.05, 3.63) is 17.5 Å². The number of nitrogens with one attached hydrogen (secondary N) is 2. The van der Waals surface area contributed by atoms with Crippen molar-refractivity contribution in [3.63, 3.8) is 0 Å². The van der Waals surface area contributed by atoms with Crippen LogP contribution >= 0.6 is 0 Å². The number of aryl methyl sites for hydroxylation is 2. The minimum atomic E-state index is -0.469. The first-order chi connectivity index (χ1) is 6.20. The average molecular weight is 182 g/mol. The fourth-order valence-electron chi connectivity index (χ4n) is 1.12.